The molecular weight excluding hydrogens is 416 g/mol. The van der Waals surface area contributed by atoms with Crippen LogP contribution in [0.5, 0.6) is 0 Å². The molecular formula is C26H32N4O3. The molecule has 1 aliphatic heterocycles. The predicted molar refractivity (Wildman–Crippen MR) is 127 cm³/mol. The Morgan fingerprint density at radius 1 is 1.24 bits per heavy atom. The summed E-state index contributed by atoms with van der Waals surface area (Å²) in [7, 11) is 0. The van der Waals surface area contributed by atoms with Crippen LogP contribution >= 0.6 is 0 Å². The summed E-state index contributed by atoms with van der Waals surface area (Å²) >= 11 is 0. The van der Waals surface area contributed by atoms with Crippen molar-refractivity contribution in [1.82, 2.24) is 15.5 Å². The second kappa shape index (κ2) is 8.98. The van der Waals surface area contributed by atoms with Crippen LogP contribution in [-0.4, -0.2) is 39.4 Å². The van der Waals surface area contributed by atoms with Gasteiger partial charge >= 0.3 is 0 Å². The lowest BCUT2D eigenvalue weighted by Crippen LogP contribution is -2.62. The molecule has 2 aliphatic rings. The highest BCUT2D eigenvalue weighted by Gasteiger charge is 2.41. The molecule has 2 amide bonds. The second-order valence-corrected chi connectivity index (χ2v) is 9.12. The lowest BCUT2D eigenvalue weighted by Gasteiger charge is -2.44. The van der Waals surface area contributed by atoms with E-state index in [2.05, 4.69) is 10.6 Å². The quantitative estimate of drug-likeness (QED) is 0.543. The van der Waals surface area contributed by atoms with Crippen LogP contribution in [0.15, 0.2) is 48.5 Å². The number of carbonyl (C=O) groups excluding carboxylic acids is 2. The molecule has 1 aliphatic carbocycles. The smallest absolute Gasteiger partial charge is 0.251 e. The molecule has 0 saturated carbocycles. The van der Waals surface area contributed by atoms with Gasteiger partial charge in [0.1, 0.15) is 0 Å². The Bertz CT molecular complexity index is 1060. The van der Waals surface area contributed by atoms with Crippen molar-refractivity contribution in [1.29, 1.82) is 5.41 Å². The fourth-order valence-corrected chi connectivity index (χ4v) is 5.00. The molecule has 3 atom stereocenters. The van der Waals surface area contributed by atoms with Crippen molar-refractivity contribution in [2.75, 3.05) is 0 Å². The summed E-state index contributed by atoms with van der Waals surface area (Å²) in [6.07, 6.45) is 1.73. The zero-order valence-corrected chi connectivity index (χ0v) is 19.4. The molecule has 0 bridgehead atoms. The van der Waals surface area contributed by atoms with E-state index in [1.165, 1.54) is 4.90 Å². The third-order valence-corrected chi connectivity index (χ3v) is 7.25. The number of hydrogen-bond acceptors (Lipinski definition) is 4. The number of amides is 2. The van der Waals surface area contributed by atoms with Crippen molar-refractivity contribution in [2.45, 2.75) is 70.2 Å². The van der Waals surface area contributed by atoms with Crippen LogP contribution in [0, 0.1) is 5.41 Å². The number of nitrogens with zero attached hydrogens (tertiary/aromatic N) is 1. The van der Waals surface area contributed by atoms with E-state index < -0.39 is 18.2 Å². The van der Waals surface area contributed by atoms with Crippen LogP contribution in [0.2, 0.25) is 0 Å². The molecule has 7 heteroatoms. The number of nitrogens with one attached hydrogen (secondary N) is 3. The molecule has 7 nitrogen and oxygen atoms in total. The van der Waals surface area contributed by atoms with Crippen molar-refractivity contribution in [3.63, 3.8) is 0 Å². The molecule has 0 unspecified atom stereocenters. The molecule has 4 N–H and O–H groups in total. The van der Waals surface area contributed by atoms with E-state index in [9.17, 15) is 14.7 Å². The van der Waals surface area contributed by atoms with E-state index in [4.69, 9.17) is 5.41 Å². The molecule has 1 saturated heterocycles. The standard InChI is InChI=1S/C26H32N4O3/c1-4-26(5-2)15-22(32)30(25(27)29-26)16(3)17-10-8-11-19(13-17)24(33)28-23-20-12-7-6-9-18(20)14-21(23)31/h6-13,16,21,23,31H,4-5,14-15H2,1-3H3,(H2,27,29)(H,28,33)/t16-,21-,23-/m1/s1. The lowest BCUT2D eigenvalue weighted by molar-refractivity contribution is -0.132. The van der Waals surface area contributed by atoms with Gasteiger partial charge in [-0.3, -0.25) is 19.9 Å². The van der Waals surface area contributed by atoms with Crippen molar-refractivity contribution >= 4 is 17.8 Å². The van der Waals surface area contributed by atoms with Crippen LogP contribution in [0.4, 0.5) is 0 Å². The first-order valence-corrected chi connectivity index (χ1v) is 11.6. The number of rotatable bonds is 6. The summed E-state index contributed by atoms with van der Waals surface area (Å²) in [5, 5.41) is 25.2. The number of benzene rings is 2. The van der Waals surface area contributed by atoms with Gasteiger partial charge in [-0.15, -0.1) is 0 Å². The Kier molecular flexibility index (Phi) is 6.26. The van der Waals surface area contributed by atoms with Gasteiger partial charge in [-0.05, 0) is 48.6 Å². The lowest BCUT2D eigenvalue weighted by atomic mass is 9.86. The SMILES string of the molecule is CCC1(CC)CC(=O)N([C@H](C)c2cccc(C(=O)N[C@@H]3c4ccccc4C[C@H]3O)c2)C(=N)N1. The topological polar surface area (TPSA) is 106 Å². The number of hydrogen-bond donors (Lipinski definition) is 4. The van der Waals surface area contributed by atoms with Crippen molar-refractivity contribution in [2.24, 2.45) is 0 Å². The van der Waals surface area contributed by atoms with Crippen LogP contribution < -0.4 is 10.6 Å². The molecule has 0 aromatic heterocycles. The van der Waals surface area contributed by atoms with Crippen molar-refractivity contribution in [3.05, 3.63) is 70.8 Å². The molecule has 1 heterocycles. The van der Waals surface area contributed by atoms with Crippen molar-refractivity contribution in [3.8, 4) is 0 Å². The van der Waals surface area contributed by atoms with E-state index in [1.54, 1.807) is 18.2 Å². The first kappa shape index (κ1) is 23.0. The van der Waals surface area contributed by atoms with Crippen LogP contribution in [0.1, 0.15) is 79.2 Å². The van der Waals surface area contributed by atoms with Crippen LogP contribution in [0.25, 0.3) is 0 Å². The van der Waals surface area contributed by atoms with Crippen molar-refractivity contribution < 1.29 is 14.7 Å². The molecule has 174 valence electrons. The first-order valence-electron chi connectivity index (χ1n) is 11.6. The van der Waals surface area contributed by atoms with Gasteiger partial charge in [0, 0.05) is 17.5 Å². The van der Waals surface area contributed by atoms with E-state index in [0.717, 1.165) is 29.5 Å². The third kappa shape index (κ3) is 4.25. The van der Waals surface area contributed by atoms with Gasteiger partial charge in [0.25, 0.3) is 5.91 Å². The average Bonchev–Trinajstić information content (AvgIpc) is 3.13. The number of guanidine groups is 1. The summed E-state index contributed by atoms with van der Waals surface area (Å²) in [5.74, 6) is -0.266. The highest BCUT2D eigenvalue weighted by molar-refractivity contribution is 6.00. The molecule has 2 aromatic carbocycles. The van der Waals surface area contributed by atoms with Gasteiger partial charge in [-0.2, -0.15) is 0 Å². The van der Waals surface area contributed by atoms with Crippen LogP contribution in [0.3, 0.4) is 0 Å². The Labute approximate surface area is 194 Å². The minimum absolute atomic E-state index is 0.0875. The van der Waals surface area contributed by atoms with Gasteiger partial charge in [-0.25, -0.2) is 0 Å². The fraction of sp³-hybridized carbons (Fsp3) is 0.423. The Hall–Kier alpha value is -3.19. The van der Waals surface area contributed by atoms with Gasteiger partial charge in [0.05, 0.1) is 24.6 Å². The van der Waals surface area contributed by atoms with E-state index >= 15 is 0 Å². The summed E-state index contributed by atoms with van der Waals surface area (Å²) in [5.41, 5.74) is 2.84. The molecule has 1 fully saturated rings. The summed E-state index contributed by atoms with van der Waals surface area (Å²) in [6, 6.07) is 14.0. The first-order chi connectivity index (χ1) is 15.8. The zero-order chi connectivity index (χ0) is 23.8. The summed E-state index contributed by atoms with van der Waals surface area (Å²) in [6.45, 7) is 5.92. The van der Waals surface area contributed by atoms with Gasteiger partial charge in [-0.1, -0.05) is 50.2 Å². The number of carbonyl (C=O) groups is 2. The minimum atomic E-state index is -0.664. The highest BCUT2D eigenvalue weighted by Crippen LogP contribution is 2.33. The van der Waals surface area contributed by atoms with E-state index in [1.807, 2.05) is 51.1 Å². The van der Waals surface area contributed by atoms with E-state index in [0.29, 0.717) is 18.4 Å². The molecule has 33 heavy (non-hydrogen) atoms. The maximum atomic E-state index is 13.0. The number of aliphatic hydroxyl groups excluding tert-OH is 1. The fourth-order valence-electron chi connectivity index (χ4n) is 5.00. The normalized spacial score (nSPS) is 22.5. The number of aliphatic hydroxyl groups is 1. The minimum Gasteiger partial charge on any atom is -0.390 e. The largest absolute Gasteiger partial charge is 0.390 e. The second-order valence-electron chi connectivity index (χ2n) is 9.12. The monoisotopic (exact) mass is 448 g/mol. The highest BCUT2D eigenvalue weighted by atomic mass is 16.3. The zero-order valence-electron chi connectivity index (χ0n) is 19.4. The van der Waals surface area contributed by atoms with Gasteiger partial charge in [0.15, 0.2) is 5.96 Å². The Balaban J connectivity index is 1.52. The maximum absolute atomic E-state index is 13.0. The average molecular weight is 449 g/mol. The van der Waals surface area contributed by atoms with Crippen LogP contribution in [-0.2, 0) is 11.2 Å². The summed E-state index contributed by atoms with van der Waals surface area (Å²) in [4.78, 5) is 27.5. The van der Waals surface area contributed by atoms with Gasteiger partial charge in [0.2, 0.25) is 5.91 Å². The third-order valence-electron chi connectivity index (χ3n) is 7.25. The Morgan fingerprint density at radius 3 is 2.67 bits per heavy atom. The maximum Gasteiger partial charge on any atom is 0.251 e. The molecule has 4 rings (SSSR count). The van der Waals surface area contributed by atoms with E-state index in [-0.39, 0.29) is 23.3 Å². The Morgan fingerprint density at radius 2 is 1.97 bits per heavy atom. The van der Waals surface area contributed by atoms with Gasteiger partial charge < -0.3 is 15.7 Å². The summed E-state index contributed by atoms with van der Waals surface area (Å²) < 4.78 is 0. The molecule has 0 spiro atoms. The molecule has 2 aromatic rings. The molecule has 0 radical (unpaired) electrons. The predicted octanol–water partition coefficient (Wildman–Crippen LogP) is 3.45. The number of fused-ring (bicyclic) bond motifs is 1.